The molecule has 0 fully saturated rings. The third-order valence-electron chi connectivity index (χ3n) is 3.65. The Bertz CT molecular complexity index is 654. The summed E-state index contributed by atoms with van der Waals surface area (Å²) in [4.78, 5) is 20.1. The van der Waals surface area contributed by atoms with Crippen LogP contribution in [-0.2, 0) is 0 Å². The highest BCUT2D eigenvalue weighted by Crippen LogP contribution is 2.37. The molecule has 3 rings (SSSR count). The first kappa shape index (κ1) is 14.1. The number of carbonyl (C=O) groups excluding carboxylic acids is 1. The first-order chi connectivity index (χ1) is 10.1. The van der Waals surface area contributed by atoms with Crippen LogP contribution in [0.3, 0.4) is 0 Å². The molecule has 21 heavy (non-hydrogen) atoms. The Morgan fingerprint density at radius 1 is 1.29 bits per heavy atom. The predicted molar refractivity (Wildman–Crippen MR) is 87.0 cm³/mol. The Kier molecular flexibility index (Phi) is 3.97. The van der Waals surface area contributed by atoms with Crippen LogP contribution in [0, 0.1) is 6.92 Å². The first-order valence-corrected chi connectivity index (χ1v) is 8.03. The minimum atomic E-state index is 0.0321. The van der Waals surface area contributed by atoms with Crippen LogP contribution in [-0.4, -0.2) is 22.7 Å². The molecule has 0 N–H and O–H groups in total. The highest BCUT2D eigenvalue weighted by atomic mass is 32.2. The monoisotopic (exact) mass is 298 g/mol. The minimum Gasteiger partial charge on any atom is -0.307 e. The van der Waals surface area contributed by atoms with Crippen molar-refractivity contribution in [3.63, 3.8) is 0 Å². The number of fused-ring (bicyclic) bond motifs is 1. The Balaban J connectivity index is 1.97. The Hall–Kier alpha value is -1.81. The van der Waals surface area contributed by atoms with Crippen LogP contribution in [0.5, 0.6) is 0 Å². The summed E-state index contributed by atoms with van der Waals surface area (Å²) in [6.07, 6.45) is 2.66. The summed E-state index contributed by atoms with van der Waals surface area (Å²) >= 11 is 1.84. The molecule has 3 nitrogen and oxygen atoms in total. The molecule has 1 amide bonds. The van der Waals surface area contributed by atoms with Gasteiger partial charge in [-0.2, -0.15) is 0 Å². The summed E-state index contributed by atoms with van der Waals surface area (Å²) in [5.41, 5.74) is 2.58. The van der Waals surface area contributed by atoms with Crippen molar-refractivity contribution < 1.29 is 4.79 Å². The summed E-state index contributed by atoms with van der Waals surface area (Å²) in [6.45, 7) is 4.88. The molecule has 108 valence electrons. The molecule has 2 aromatic rings. The number of pyridine rings is 1. The molecule has 4 heteroatoms. The number of hydrogen-bond acceptors (Lipinski definition) is 3. The lowest BCUT2D eigenvalue weighted by atomic mass is 10.2. The average molecular weight is 298 g/mol. The van der Waals surface area contributed by atoms with E-state index in [1.807, 2.05) is 53.9 Å². The maximum absolute atomic E-state index is 12.8. The molecule has 0 aliphatic carbocycles. The maximum Gasteiger partial charge on any atom is 0.259 e. The number of aryl methyl sites for hydroxylation is 1. The van der Waals surface area contributed by atoms with Crippen molar-refractivity contribution in [2.45, 2.75) is 30.4 Å². The average Bonchev–Trinajstić information content (AvgIpc) is 2.65. The van der Waals surface area contributed by atoms with Crippen LogP contribution in [0.15, 0.2) is 47.5 Å². The Labute approximate surface area is 129 Å². The number of benzene rings is 1. The van der Waals surface area contributed by atoms with E-state index in [1.54, 1.807) is 6.20 Å². The van der Waals surface area contributed by atoms with E-state index in [1.165, 1.54) is 4.90 Å². The molecule has 1 aliphatic rings. The van der Waals surface area contributed by atoms with Gasteiger partial charge in [-0.15, -0.1) is 11.8 Å². The molecular weight excluding hydrogens is 280 g/mol. The van der Waals surface area contributed by atoms with Crippen molar-refractivity contribution in [1.82, 2.24) is 4.98 Å². The summed E-state index contributed by atoms with van der Waals surface area (Å²) in [5.74, 6) is 0.0321. The van der Waals surface area contributed by atoms with Crippen molar-refractivity contribution in [2.24, 2.45) is 0 Å². The normalized spacial score (nSPS) is 18.0. The lowest BCUT2D eigenvalue weighted by Crippen LogP contribution is -2.32. The molecule has 0 radical (unpaired) electrons. The number of hydrogen-bond donors (Lipinski definition) is 0. The van der Waals surface area contributed by atoms with Crippen LogP contribution in [0.25, 0.3) is 0 Å². The Morgan fingerprint density at radius 3 is 2.86 bits per heavy atom. The molecule has 1 aromatic carbocycles. The van der Waals surface area contributed by atoms with E-state index in [-0.39, 0.29) is 5.91 Å². The third-order valence-corrected chi connectivity index (χ3v) is 4.88. The number of amides is 1. The van der Waals surface area contributed by atoms with E-state index in [9.17, 15) is 4.79 Å². The zero-order chi connectivity index (χ0) is 14.8. The van der Waals surface area contributed by atoms with Crippen molar-refractivity contribution in [3.8, 4) is 0 Å². The second kappa shape index (κ2) is 5.90. The van der Waals surface area contributed by atoms with Gasteiger partial charge < -0.3 is 4.90 Å². The van der Waals surface area contributed by atoms with Gasteiger partial charge in [-0.3, -0.25) is 9.78 Å². The van der Waals surface area contributed by atoms with Crippen LogP contribution in [0.1, 0.15) is 29.4 Å². The van der Waals surface area contributed by atoms with Gasteiger partial charge in [0, 0.05) is 28.6 Å². The molecule has 1 aliphatic heterocycles. The number of anilines is 1. The van der Waals surface area contributed by atoms with Crippen molar-refractivity contribution in [2.75, 3.05) is 11.4 Å². The largest absolute Gasteiger partial charge is 0.307 e. The van der Waals surface area contributed by atoms with Gasteiger partial charge in [-0.1, -0.05) is 19.1 Å². The Morgan fingerprint density at radius 2 is 2.10 bits per heavy atom. The van der Waals surface area contributed by atoms with Gasteiger partial charge in [0.2, 0.25) is 0 Å². The van der Waals surface area contributed by atoms with Gasteiger partial charge >= 0.3 is 0 Å². The SMILES string of the molecule is Cc1ccc(C(=O)N2CC[C@@H](C)Sc3ccccc32)cn1. The van der Waals surface area contributed by atoms with E-state index in [2.05, 4.69) is 18.0 Å². The standard InChI is InChI=1S/C17H18N2OS/c1-12-7-8-14(11-18-12)17(20)19-10-9-13(2)21-16-6-4-3-5-15(16)19/h3-8,11,13H,9-10H2,1-2H3/t13-/m1/s1. The maximum atomic E-state index is 12.8. The topological polar surface area (TPSA) is 33.2 Å². The number of aromatic nitrogens is 1. The zero-order valence-corrected chi connectivity index (χ0v) is 13.1. The van der Waals surface area contributed by atoms with Gasteiger partial charge in [-0.05, 0) is 37.6 Å². The van der Waals surface area contributed by atoms with E-state index < -0.39 is 0 Å². The van der Waals surface area contributed by atoms with E-state index in [0.717, 1.165) is 24.3 Å². The molecule has 0 spiro atoms. The van der Waals surface area contributed by atoms with Gasteiger partial charge in [0.15, 0.2) is 0 Å². The molecule has 2 heterocycles. The van der Waals surface area contributed by atoms with Crippen molar-refractivity contribution >= 4 is 23.4 Å². The highest BCUT2D eigenvalue weighted by Gasteiger charge is 2.24. The molecule has 0 unspecified atom stereocenters. The molecule has 0 bridgehead atoms. The van der Waals surface area contributed by atoms with Gasteiger partial charge in [0.1, 0.15) is 0 Å². The van der Waals surface area contributed by atoms with Gasteiger partial charge in [0.05, 0.1) is 11.3 Å². The van der Waals surface area contributed by atoms with Gasteiger partial charge in [-0.25, -0.2) is 0 Å². The molecule has 1 aromatic heterocycles. The van der Waals surface area contributed by atoms with E-state index in [0.29, 0.717) is 10.8 Å². The smallest absolute Gasteiger partial charge is 0.259 e. The number of carbonyl (C=O) groups is 1. The molecule has 0 saturated carbocycles. The summed E-state index contributed by atoms with van der Waals surface area (Å²) in [7, 11) is 0. The van der Waals surface area contributed by atoms with Crippen molar-refractivity contribution in [3.05, 3.63) is 53.9 Å². The second-order valence-corrected chi connectivity index (χ2v) is 6.81. The molecule has 0 saturated heterocycles. The minimum absolute atomic E-state index is 0.0321. The summed E-state index contributed by atoms with van der Waals surface area (Å²) in [5, 5.41) is 0.514. The number of nitrogens with zero attached hydrogens (tertiary/aromatic N) is 2. The fourth-order valence-electron chi connectivity index (χ4n) is 2.45. The summed E-state index contributed by atoms with van der Waals surface area (Å²) in [6, 6.07) is 11.9. The van der Waals surface area contributed by atoms with Crippen molar-refractivity contribution in [1.29, 1.82) is 0 Å². The zero-order valence-electron chi connectivity index (χ0n) is 12.2. The fourth-order valence-corrected chi connectivity index (χ4v) is 3.56. The lowest BCUT2D eigenvalue weighted by molar-refractivity contribution is 0.0986. The van der Waals surface area contributed by atoms with Crippen LogP contribution >= 0.6 is 11.8 Å². The molecule has 1 atom stereocenters. The number of para-hydroxylation sites is 1. The third kappa shape index (κ3) is 2.95. The lowest BCUT2D eigenvalue weighted by Gasteiger charge is -2.22. The highest BCUT2D eigenvalue weighted by molar-refractivity contribution is 8.00. The quantitative estimate of drug-likeness (QED) is 0.800. The van der Waals surface area contributed by atoms with E-state index >= 15 is 0 Å². The van der Waals surface area contributed by atoms with Crippen LogP contribution in [0.4, 0.5) is 5.69 Å². The summed E-state index contributed by atoms with van der Waals surface area (Å²) < 4.78 is 0. The number of rotatable bonds is 1. The molecular formula is C17H18N2OS. The van der Waals surface area contributed by atoms with E-state index in [4.69, 9.17) is 0 Å². The number of thioether (sulfide) groups is 1. The van der Waals surface area contributed by atoms with Gasteiger partial charge in [0.25, 0.3) is 5.91 Å². The second-order valence-electron chi connectivity index (χ2n) is 5.33. The predicted octanol–water partition coefficient (Wildman–Crippen LogP) is 3.92. The van der Waals surface area contributed by atoms with Crippen LogP contribution < -0.4 is 4.90 Å². The fraction of sp³-hybridized carbons (Fsp3) is 0.294. The first-order valence-electron chi connectivity index (χ1n) is 7.15. The van der Waals surface area contributed by atoms with Crippen LogP contribution in [0.2, 0.25) is 0 Å².